The minimum atomic E-state index is -0.229. The van der Waals surface area contributed by atoms with Crippen LogP contribution >= 0.6 is 23.2 Å². The first-order valence-electron chi connectivity index (χ1n) is 9.25. The van der Waals surface area contributed by atoms with Crippen molar-refractivity contribution in [2.24, 2.45) is 0 Å². The second kappa shape index (κ2) is 9.08. The van der Waals surface area contributed by atoms with Crippen LogP contribution in [0.4, 0.5) is 4.39 Å². The molecule has 1 aliphatic rings. The normalized spacial score (nSPS) is 20.7. The molecule has 2 atom stereocenters. The number of rotatable bonds is 4. The largest absolute Gasteiger partial charge is 0.334 e. The van der Waals surface area contributed by atoms with Crippen molar-refractivity contribution >= 4 is 35.2 Å². The molecule has 2 aromatic rings. The van der Waals surface area contributed by atoms with E-state index < -0.39 is 0 Å². The van der Waals surface area contributed by atoms with Crippen molar-refractivity contribution in [1.82, 2.24) is 9.80 Å². The van der Waals surface area contributed by atoms with Gasteiger partial charge < -0.3 is 4.90 Å². The van der Waals surface area contributed by atoms with Gasteiger partial charge in [-0.25, -0.2) is 4.39 Å². The van der Waals surface area contributed by atoms with Crippen LogP contribution in [-0.4, -0.2) is 40.9 Å². The fourth-order valence-electron chi connectivity index (χ4n) is 3.44. The van der Waals surface area contributed by atoms with Gasteiger partial charge in [-0.3, -0.25) is 9.69 Å². The van der Waals surface area contributed by atoms with Gasteiger partial charge in [-0.1, -0.05) is 41.4 Å². The maximum atomic E-state index is 13.1. The summed E-state index contributed by atoms with van der Waals surface area (Å²) in [5, 5.41) is 1.08. The summed E-state index contributed by atoms with van der Waals surface area (Å²) in [6.45, 7) is 6.30. The summed E-state index contributed by atoms with van der Waals surface area (Å²) < 4.78 is 13.1. The van der Waals surface area contributed by atoms with Crippen molar-refractivity contribution < 1.29 is 9.18 Å². The Balaban J connectivity index is 1.63. The lowest BCUT2D eigenvalue weighted by atomic mass is 10.1. The van der Waals surface area contributed by atoms with Crippen LogP contribution in [0.5, 0.6) is 0 Å². The standard InChI is InChI=1S/C22H23Cl2FN2O/c1-15-13-27(22(28)10-6-18-5-7-19(23)11-21(18)24)16(2)12-26(15)14-17-3-8-20(25)9-4-17/h3-11,15-16H,12-14H2,1-2H3/t15-,16+/m0/s1. The predicted octanol–water partition coefficient (Wildman–Crippen LogP) is 5.27. The molecular formula is C22H23Cl2FN2O. The average Bonchev–Trinajstić information content (AvgIpc) is 2.65. The molecule has 0 aromatic heterocycles. The maximum Gasteiger partial charge on any atom is 0.246 e. The first-order chi connectivity index (χ1) is 13.3. The number of piperazine rings is 1. The number of carbonyl (C=O) groups excluding carboxylic acids is 1. The third-order valence-corrected chi connectivity index (χ3v) is 5.63. The van der Waals surface area contributed by atoms with Crippen LogP contribution in [0, 0.1) is 5.82 Å². The van der Waals surface area contributed by atoms with E-state index in [0.717, 1.165) is 24.2 Å². The monoisotopic (exact) mass is 420 g/mol. The number of amides is 1. The molecule has 1 amide bonds. The van der Waals surface area contributed by atoms with Gasteiger partial charge in [0.05, 0.1) is 0 Å². The summed E-state index contributed by atoms with van der Waals surface area (Å²) in [7, 11) is 0. The number of benzene rings is 2. The highest BCUT2D eigenvalue weighted by Crippen LogP contribution is 2.23. The molecule has 2 aromatic carbocycles. The Morgan fingerprint density at radius 1 is 1.11 bits per heavy atom. The van der Waals surface area contributed by atoms with Gasteiger partial charge in [-0.15, -0.1) is 0 Å². The molecule has 28 heavy (non-hydrogen) atoms. The Morgan fingerprint density at radius 3 is 2.50 bits per heavy atom. The van der Waals surface area contributed by atoms with E-state index in [4.69, 9.17) is 23.2 Å². The number of halogens is 3. The van der Waals surface area contributed by atoms with Crippen LogP contribution < -0.4 is 0 Å². The molecule has 0 N–H and O–H groups in total. The van der Waals surface area contributed by atoms with Crippen LogP contribution in [0.1, 0.15) is 25.0 Å². The van der Waals surface area contributed by atoms with E-state index in [1.165, 1.54) is 12.1 Å². The van der Waals surface area contributed by atoms with E-state index >= 15 is 0 Å². The first kappa shape index (κ1) is 20.8. The SMILES string of the molecule is C[C@@H]1CN(Cc2ccc(F)cc2)[C@@H](C)CN1C(=O)C=Cc1ccc(Cl)cc1Cl. The van der Waals surface area contributed by atoms with Gasteiger partial charge in [-0.05, 0) is 55.3 Å². The van der Waals surface area contributed by atoms with Crippen molar-refractivity contribution in [1.29, 1.82) is 0 Å². The summed E-state index contributed by atoms with van der Waals surface area (Å²) in [4.78, 5) is 16.9. The maximum absolute atomic E-state index is 13.1. The van der Waals surface area contributed by atoms with Crippen molar-refractivity contribution in [3.63, 3.8) is 0 Å². The van der Waals surface area contributed by atoms with Gasteiger partial charge in [-0.2, -0.15) is 0 Å². The summed E-state index contributed by atoms with van der Waals surface area (Å²) in [6, 6.07) is 12.1. The molecule has 148 valence electrons. The van der Waals surface area contributed by atoms with Gasteiger partial charge in [0, 0.05) is 47.8 Å². The Morgan fingerprint density at radius 2 is 1.82 bits per heavy atom. The van der Waals surface area contributed by atoms with E-state index in [0.29, 0.717) is 16.6 Å². The first-order valence-corrected chi connectivity index (χ1v) is 10.0. The fraction of sp³-hybridized carbons (Fsp3) is 0.318. The number of nitrogens with zero attached hydrogens (tertiary/aromatic N) is 2. The van der Waals surface area contributed by atoms with Gasteiger partial charge in [0.25, 0.3) is 0 Å². The smallest absolute Gasteiger partial charge is 0.246 e. The highest BCUT2D eigenvalue weighted by molar-refractivity contribution is 6.35. The molecule has 0 unspecified atom stereocenters. The summed E-state index contributed by atoms with van der Waals surface area (Å²) in [5.41, 5.74) is 1.83. The van der Waals surface area contributed by atoms with E-state index in [1.54, 1.807) is 30.4 Å². The van der Waals surface area contributed by atoms with Gasteiger partial charge in [0.1, 0.15) is 5.82 Å². The van der Waals surface area contributed by atoms with Crippen molar-refractivity contribution in [3.05, 3.63) is 75.5 Å². The van der Waals surface area contributed by atoms with E-state index in [-0.39, 0.29) is 23.8 Å². The molecule has 6 heteroatoms. The van der Waals surface area contributed by atoms with E-state index in [2.05, 4.69) is 11.8 Å². The molecule has 1 aliphatic heterocycles. The average molecular weight is 421 g/mol. The molecule has 0 spiro atoms. The van der Waals surface area contributed by atoms with E-state index in [1.807, 2.05) is 24.0 Å². The zero-order chi connectivity index (χ0) is 20.3. The van der Waals surface area contributed by atoms with Crippen molar-refractivity contribution in [3.8, 4) is 0 Å². The Bertz CT molecular complexity index is 869. The lowest BCUT2D eigenvalue weighted by Crippen LogP contribution is -2.57. The van der Waals surface area contributed by atoms with Crippen LogP contribution in [0.25, 0.3) is 6.08 Å². The van der Waals surface area contributed by atoms with Gasteiger partial charge >= 0.3 is 0 Å². The third kappa shape index (κ3) is 5.13. The Labute approximate surface area is 175 Å². The summed E-state index contributed by atoms with van der Waals surface area (Å²) in [5.74, 6) is -0.264. The summed E-state index contributed by atoms with van der Waals surface area (Å²) in [6.07, 6.45) is 3.29. The van der Waals surface area contributed by atoms with Crippen LogP contribution in [0.3, 0.4) is 0 Å². The fourth-order valence-corrected chi connectivity index (χ4v) is 3.91. The topological polar surface area (TPSA) is 23.6 Å². The molecule has 3 nitrogen and oxygen atoms in total. The van der Waals surface area contributed by atoms with Gasteiger partial charge in [0.2, 0.25) is 5.91 Å². The van der Waals surface area contributed by atoms with Gasteiger partial charge in [0.15, 0.2) is 0 Å². The summed E-state index contributed by atoms with van der Waals surface area (Å²) >= 11 is 12.1. The predicted molar refractivity (Wildman–Crippen MR) is 113 cm³/mol. The molecule has 3 rings (SSSR count). The highest BCUT2D eigenvalue weighted by atomic mass is 35.5. The molecule has 0 saturated carbocycles. The number of carbonyl (C=O) groups is 1. The molecule has 1 saturated heterocycles. The molecule has 1 heterocycles. The third-order valence-electron chi connectivity index (χ3n) is 5.07. The molecule has 1 fully saturated rings. The quantitative estimate of drug-likeness (QED) is 0.629. The highest BCUT2D eigenvalue weighted by Gasteiger charge is 2.30. The molecule has 0 bridgehead atoms. The van der Waals surface area contributed by atoms with Crippen LogP contribution in [0.2, 0.25) is 10.0 Å². The second-order valence-electron chi connectivity index (χ2n) is 7.24. The minimum absolute atomic E-state index is 0.0354. The Hall–Kier alpha value is -1.88. The lowest BCUT2D eigenvalue weighted by molar-refractivity contribution is -0.131. The lowest BCUT2D eigenvalue weighted by Gasteiger charge is -2.44. The van der Waals surface area contributed by atoms with Crippen molar-refractivity contribution in [2.75, 3.05) is 13.1 Å². The zero-order valence-corrected chi connectivity index (χ0v) is 17.4. The Kier molecular flexibility index (Phi) is 6.76. The zero-order valence-electron chi connectivity index (χ0n) is 15.9. The number of hydrogen-bond acceptors (Lipinski definition) is 2. The molecular weight excluding hydrogens is 398 g/mol. The van der Waals surface area contributed by atoms with Crippen molar-refractivity contribution in [2.45, 2.75) is 32.5 Å². The van der Waals surface area contributed by atoms with Crippen LogP contribution in [-0.2, 0) is 11.3 Å². The minimum Gasteiger partial charge on any atom is -0.334 e. The molecule has 0 radical (unpaired) electrons. The molecule has 0 aliphatic carbocycles. The van der Waals surface area contributed by atoms with E-state index in [9.17, 15) is 9.18 Å². The number of hydrogen-bond donors (Lipinski definition) is 0. The second-order valence-corrected chi connectivity index (χ2v) is 8.09. The van der Waals surface area contributed by atoms with Crippen LogP contribution in [0.15, 0.2) is 48.5 Å².